The van der Waals surface area contributed by atoms with E-state index in [1.807, 2.05) is 0 Å². The Balaban J connectivity index is 1.84. The standard InChI is InChI=1S/C18H29N3O3/c1-13(19-14-7-9-21(2)10-8-14)11-18(22)20-16-6-5-15(23-3)12-17(16)24-4/h5-6,12-14,19H,7-11H2,1-4H3,(H,20,22). The number of amides is 1. The molecule has 2 N–H and O–H groups in total. The molecule has 1 heterocycles. The molecule has 1 aliphatic rings. The molecule has 6 nitrogen and oxygen atoms in total. The molecule has 0 radical (unpaired) electrons. The van der Waals surface area contributed by atoms with Crippen LogP contribution in [0.3, 0.4) is 0 Å². The number of likely N-dealkylation sites (tertiary alicyclic amines) is 1. The molecule has 134 valence electrons. The van der Waals surface area contributed by atoms with Gasteiger partial charge in [0.15, 0.2) is 0 Å². The molecule has 1 aliphatic heterocycles. The van der Waals surface area contributed by atoms with Gasteiger partial charge in [0.2, 0.25) is 5.91 Å². The van der Waals surface area contributed by atoms with Crippen LogP contribution in [0, 0.1) is 0 Å². The van der Waals surface area contributed by atoms with Gasteiger partial charge in [0.1, 0.15) is 11.5 Å². The second kappa shape index (κ2) is 8.89. The first kappa shape index (κ1) is 18.5. The summed E-state index contributed by atoms with van der Waals surface area (Å²) in [5.41, 5.74) is 0.662. The van der Waals surface area contributed by atoms with Gasteiger partial charge in [-0.05, 0) is 52.0 Å². The molecule has 6 heteroatoms. The number of ether oxygens (including phenoxy) is 2. The van der Waals surface area contributed by atoms with Gasteiger partial charge in [-0.2, -0.15) is 0 Å². The van der Waals surface area contributed by atoms with E-state index in [9.17, 15) is 4.79 Å². The van der Waals surface area contributed by atoms with Gasteiger partial charge >= 0.3 is 0 Å². The number of nitrogens with one attached hydrogen (secondary N) is 2. The van der Waals surface area contributed by atoms with Crippen molar-refractivity contribution in [2.75, 3.05) is 39.7 Å². The number of rotatable bonds is 7. The summed E-state index contributed by atoms with van der Waals surface area (Å²) < 4.78 is 10.5. The summed E-state index contributed by atoms with van der Waals surface area (Å²) in [7, 11) is 5.33. The van der Waals surface area contributed by atoms with Crippen LogP contribution in [0.4, 0.5) is 5.69 Å². The van der Waals surface area contributed by atoms with Crippen molar-refractivity contribution in [1.29, 1.82) is 0 Å². The maximum Gasteiger partial charge on any atom is 0.226 e. The van der Waals surface area contributed by atoms with Gasteiger partial charge in [-0.25, -0.2) is 0 Å². The Morgan fingerprint density at radius 3 is 2.62 bits per heavy atom. The predicted octanol–water partition coefficient (Wildman–Crippen LogP) is 2.10. The highest BCUT2D eigenvalue weighted by molar-refractivity contribution is 5.92. The van der Waals surface area contributed by atoms with Gasteiger partial charge in [-0.15, -0.1) is 0 Å². The number of benzene rings is 1. The molecular formula is C18H29N3O3. The highest BCUT2D eigenvalue weighted by Crippen LogP contribution is 2.29. The minimum absolute atomic E-state index is 0.0219. The van der Waals surface area contributed by atoms with Crippen LogP contribution in [0.25, 0.3) is 0 Å². The minimum atomic E-state index is -0.0219. The summed E-state index contributed by atoms with van der Waals surface area (Å²) in [4.78, 5) is 14.6. The molecule has 0 aromatic heterocycles. The normalized spacial score (nSPS) is 17.3. The molecule has 24 heavy (non-hydrogen) atoms. The van der Waals surface area contributed by atoms with Crippen molar-refractivity contribution in [3.63, 3.8) is 0 Å². The number of carbonyl (C=O) groups excluding carboxylic acids is 1. The maximum absolute atomic E-state index is 12.3. The van der Waals surface area contributed by atoms with Gasteiger partial charge in [-0.1, -0.05) is 0 Å². The quantitative estimate of drug-likeness (QED) is 0.799. The number of nitrogens with zero attached hydrogens (tertiary/aromatic N) is 1. The van der Waals surface area contributed by atoms with Gasteiger partial charge in [0, 0.05) is 24.6 Å². The second-order valence-electron chi connectivity index (χ2n) is 6.46. The molecule has 0 saturated carbocycles. The molecule has 1 unspecified atom stereocenters. The third kappa shape index (κ3) is 5.39. The van der Waals surface area contributed by atoms with Crippen molar-refractivity contribution in [3.05, 3.63) is 18.2 Å². The van der Waals surface area contributed by atoms with Gasteiger partial charge in [-0.3, -0.25) is 4.79 Å². The number of carbonyl (C=O) groups is 1. The summed E-state index contributed by atoms with van der Waals surface area (Å²) in [6.07, 6.45) is 2.70. The first-order valence-electron chi connectivity index (χ1n) is 8.48. The van der Waals surface area contributed by atoms with Crippen LogP contribution in [-0.2, 0) is 4.79 Å². The second-order valence-corrected chi connectivity index (χ2v) is 6.46. The third-order valence-corrected chi connectivity index (χ3v) is 4.41. The number of anilines is 1. The summed E-state index contributed by atoms with van der Waals surface area (Å²) in [6.45, 7) is 4.28. The Kier molecular flexibility index (Phi) is 6.87. The van der Waals surface area contributed by atoms with Crippen molar-refractivity contribution < 1.29 is 14.3 Å². The topological polar surface area (TPSA) is 62.8 Å². The molecule has 1 aromatic carbocycles. The zero-order chi connectivity index (χ0) is 17.5. The summed E-state index contributed by atoms with van der Waals surface area (Å²) in [5.74, 6) is 1.27. The number of methoxy groups -OCH3 is 2. The van der Waals surface area contributed by atoms with E-state index in [0.717, 1.165) is 25.9 Å². The fourth-order valence-electron chi connectivity index (χ4n) is 3.02. The van der Waals surface area contributed by atoms with Crippen molar-refractivity contribution in [1.82, 2.24) is 10.2 Å². The lowest BCUT2D eigenvalue weighted by molar-refractivity contribution is -0.116. The smallest absolute Gasteiger partial charge is 0.226 e. The fourth-order valence-corrected chi connectivity index (χ4v) is 3.02. The van der Waals surface area contributed by atoms with Crippen LogP contribution in [0.1, 0.15) is 26.2 Å². The van der Waals surface area contributed by atoms with Crippen molar-refractivity contribution >= 4 is 11.6 Å². The summed E-state index contributed by atoms with van der Waals surface area (Å²) in [6, 6.07) is 6.00. The van der Waals surface area contributed by atoms with Crippen molar-refractivity contribution in [3.8, 4) is 11.5 Å². The number of piperidine rings is 1. The SMILES string of the molecule is COc1ccc(NC(=O)CC(C)NC2CCN(C)CC2)c(OC)c1. The largest absolute Gasteiger partial charge is 0.497 e. The van der Waals surface area contributed by atoms with E-state index < -0.39 is 0 Å². The predicted molar refractivity (Wildman–Crippen MR) is 95.9 cm³/mol. The highest BCUT2D eigenvalue weighted by Gasteiger charge is 2.19. The number of hydrogen-bond acceptors (Lipinski definition) is 5. The van der Waals surface area contributed by atoms with Gasteiger partial charge < -0.3 is 25.0 Å². The monoisotopic (exact) mass is 335 g/mol. The average Bonchev–Trinajstić information content (AvgIpc) is 2.57. The van der Waals surface area contributed by atoms with E-state index in [4.69, 9.17) is 9.47 Å². The first-order chi connectivity index (χ1) is 11.5. The van der Waals surface area contributed by atoms with Gasteiger partial charge in [0.05, 0.1) is 19.9 Å². The molecule has 2 rings (SSSR count). The van der Waals surface area contributed by atoms with Crippen LogP contribution in [0.2, 0.25) is 0 Å². The van der Waals surface area contributed by atoms with Crippen LogP contribution < -0.4 is 20.1 Å². The number of hydrogen-bond donors (Lipinski definition) is 2. The van der Waals surface area contributed by atoms with E-state index in [1.165, 1.54) is 0 Å². The maximum atomic E-state index is 12.3. The van der Waals surface area contributed by atoms with Crippen LogP contribution in [0.15, 0.2) is 18.2 Å². The molecule has 1 atom stereocenters. The Labute approximate surface area is 144 Å². The fraction of sp³-hybridized carbons (Fsp3) is 0.611. The molecule has 0 bridgehead atoms. The minimum Gasteiger partial charge on any atom is -0.497 e. The van der Waals surface area contributed by atoms with Crippen LogP contribution in [0.5, 0.6) is 11.5 Å². The Hall–Kier alpha value is -1.79. The van der Waals surface area contributed by atoms with Crippen molar-refractivity contribution in [2.24, 2.45) is 0 Å². The van der Waals surface area contributed by atoms with Crippen molar-refractivity contribution in [2.45, 2.75) is 38.3 Å². The van der Waals surface area contributed by atoms with Crippen LogP contribution in [-0.4, -0.2) is 57.2 Å². The molecule has 0 spiro atoms. The summed E-state index contributed by atoms with van der Waals surface area (Å²) in [5, 5.41) is 6.48. The zero-order valence-corrected chi connectivity index (χ0v) is 15.1. The van der Waals surface area contributed by atoms with Gasteiger partial charge in [0.25, 0.3) is 0 Å². The van der Waals surface area contributed by atoms with E-state index in [1.54, 1.807) is 32.4 Å². The molecule has 0 aliphatic carbocycles. The lowest BCUT2D eigenvalue weighted by Gasteiger charge is -2.31. The summed E-state index contributed by atoms with van der Waals surface area (Å²) >= 11 is 0. The third-order valence-electron chi connectivity index (χ3n) is 4.41. The molecule has 1 saturated heterocycles. The lowest BCUT2D eigenvalue weighted by Crippen LogP contribution is -2.45. The van der Waals surface area contributed by atoms with E-state index >= 15 is 0 Å². The first-order valence-corrected chi connectivity index (χ1v) is 8.48. The van der Waals surface area contributed by atoms with E-state index in [-0.39, 0.29) is 11.9 Å². The van der Waals surface area contributed by atoms with E-state index in [0.29, 0.717) is 29.6 Å². The Bertz CT molecular complexity index is 542. The lowest BCUT2D eigenvalue weighted by atomic mass is 10.0. The zero-order valence-electron chi connectivity index (χ0n) is 15.1. The molecule has 1 amide bonds. The molecule has 1 aromatic rings. The highest BCUT2D eigenvalue weighted by atomic mass is 16.5. The van der Waals surface area contributed by atoms with E-state index in [2.05, 4.69) is 29.5 Å². The Morgan fingerprint density at radius 2 is 2.00 bits per heavy atom. The van der Waals surface area contributed by atoms with Crippen LogP contribution >= 0.6 is 0 Å². The molecular weight excluding hydrogens is 306 g/mol. The Morgan fingerprint density at radius 1 is 1.29 bits per heavy atom. The molecule has 1 fully saturated rings. The average molecular weight is 335 g/mol.